The molecule has 1 unspecified atom stereocenters. The van der Waals surface area contributed by atoms with Gasteiger partial charge in [0, 0.05) is 24.4 Å². The van der Waals surface area contributed by atoms with Crippen LogP contribution in [0.1, 0.15) is 11.8 Å². The van der Waals surface area contributed by atoms with Crippen molar-refractivity contribution in [3.8, 4) is 0 Å². The van der Waals surface area contributed by atoms with Crippen molar-refractivity contribution in [1.82, 2.24) is 9.97 Å². The molecule has 0 saturated carbocycles. The van der Waals surface area contributed by atoms with Crippen LogP contribution in [-0.2, 0) is 6.42 Å². The van der Waals surface area contributed by atoms with E-state index in [1.807, 2.05) is 7.05 Å². The third-order valence-electron chi connectivity index (χ3n) is 2.87. The third kappa shape index (κ3) is 2.96. The summed E-state index contributed by atoms with van der Waals surface area (Å²) in [6, 6.07) is 4.58. The Balaban J connectivity index is 2.07. The van der Waals surface area contributed by atoms with Crippen molar-refractivity contribution >= 4 is 23.0 Å². The molecule has 0 aromatic carbocycles. The van der Waals surface area contributed by atoms with Crippen molar-refractivity contribution in [1.29, 1.82) is 0 Å². The van der Waals surface area contributed by atoms with Crippen molar-refractivity contribution in [2.24, 2.45) is 5.84 Å². The minimum atomic E-state index is 0.353. The molecule has 0 fully saturated rings. The lowest BCUT2D eigenvalue weighted by Crippen LogP contribution is -2.31. The Morgan fingerprint density at radius 3 is 3.00 bits per heavy atom. The number of thiophene rings is 1. The number of anilines is 2. The standard InChI is InChI=1S/C12H17N5S/c1-9(6-10-4-3-5-18-10)17(2)12-8-14-7-11(15-12)16-13/h3-5,7-9H,6,13H2,1-2H3,(H,15,16). The summed E-state index contributed by atoms with van der Waals surface area (Å²) in [5.74, 6) is 6.72. The number of hydrogen-bond acceptors (Lipinski definition) is 6. The summed E-state index contributed by atoms with van der Waals surface area (Å²) in [5, 5.41) is 2.10. The molecule has 5 nitrogen and oxygen atoms in total. The molecule has 0 aliphatic heterocycles. The summed E-state index contributed by atoms with van der Waals surface area (Å²) in [4.78, 5) is 12.0. The Bertz CT molecular complexity index is 485. The van der Waals surface area contributed by atoms with Gasteiger partial charge < -0.3 is 10.3 Å². The van der Waals surface area contributed by atoms with Gasteiger partial charge in [0.15, 0.2) is 5.82 Å². The quantitative estimate of drug-likeness (QED) is 0.637. The number of rotatable bonds is 5. The molecule has 0 radical (unpaired) electrons. The van der Waals surface area contributed by atoms with Crippen LogP contribution in [0.2, 0.25) is 0 Å². The molecule has 0 spiro atoms. The Kier molecular flexibility index (Phi) is 4.11. The van der Waals surface area contributed by atoms with Crippen molar-refractivity contribution in [2.45, 2.75) is 19.4 Å². The van der Waals surface area contributed by atoms with E-state index < -0.39 is 0 Å². The van der Waals surface area contributed by atoms with Gasteiger partial charge in [0.1, 0.15) is 5.82 Å². The van der Waals surface area contributed by atoms with E-state index in [1.165, 1.54) is 4.88 Å². The highest BCUT2D eigenvalue weighted by Gasteiger charge is 2.13. The van der Waals surface area contributed by atoms with E-state index in [2.05, 4.69) is 44.7 Å². The number of nitrogens with two attached hydrogens (primary N) is 1. The fourth-order valence-corrected chi connectivity index (χ4v) is 2.50. The molecule has 3 N–H and O–H groups in total. The molecule has 2 rings (SSSR count). The number of likely N-dealkylation sites (N-methyl/N-ethyl adjacent to an activating group) is 1. The molecule has 0 bridgehead atoms. The first-order chi connectivity index (χ1) is 8.70. The highest BCUT2D eigenvalue weighted by molar-refractivity contribution is 7.09. The number of hydrogen-bond donors (Lipinski definition) is 2. The largest absolute Gasteiger partial charge is 0.355 e. The highest BCUT2D eigenvalue weighted by Crippen LogP contribution is 2.18. The Labute approximate surface area is 111 Å². The summed E-state index contributed by atoms with van der Waals surface area (Å²) < 4.78 is 0. The number of nitrogens with zero attached hydrogens (tertiary/aromatic N) is 3. The maximum Gasteiger partial charge on any atom is 0.160 e. The molecule has 18 heavy (non-hydrogen) atoms. The zero-order valence-corrected chi connectivity index (χ0v) is 11.3. The van der Waals surface area contributed by atoms with E-state index in [0.717, 1.165) is 12.2 Å². The first-order valence-electron chi connectivity index (χ1n) is 5.74. The summed E-state index contributed by atoms with van der Waals surface area (Å²) in [5.41, 5.74) is 2.51. The smallest absolute Gasteiger partial charge is 0.160 e. The molecule has 1 atom stereocenters. The molecular formula is C12H17N5S. The van der Waals surface area contributed by atoms with Gasteiger partial charge in [0.05, 0.1) is 12.4 Å². The number of nitrogens with one attached hydrogen (secondary N) is 1. The highest BCUT2D eigenvalue weighted by atomic mass is 32.1. The maximum atomic E-state index is 5.34. The van der Waals surface area contributed by atoms with Crippen LogP contribution in [0.25, 0.3) is 0 Å². The van der Waals surface area contributed by atoms with Crippen molar-refractivity contribution < 1.29 is 0 Å². The summed E-state index contributed by atoms with van der Waals surface area (Å²) >= 11 is 1.78. The molecule has 2 aromatic heterocycles. The van der Waals surface area contributed by atoms with Crippen LogP contribution in [-0.4, -0.2) is 23.1 Å². The normalized spacial score (nSPS) is 12.2. The molecule has 0 saturated heterocycles. The van der Waals surface area contributed by atoms with E-state index in [-0.39, 0.29) is 0 Å². The second-order valence-corrected chi connectivity index (χ2v) is 5.18. The van der Waals surface area contributed by atoms with Crippen LogP contribution in [0, 0.1) is 0 Å². The molecule has 0 aliphatic rings. The van der Waals surface area contributed by atoms with E-state index in [1.54, 1.807) is 23.7 Å². The van der Waals surface area contributed by atoms with Crippen LogP contribution < -0.4 is 16.2 Å². The lowest BCUT2D eigenvalue weighted by molar-refractivity contribution is 0.679. The van der Waals surface area contributed by atoms with Gasteiger partial charge in [0.25, 0.3) is 0 Å². The van der Waals surface area contributed by atoms with Crippen molar-refractivity contribution in [3.05, 3.63) is 34.8 Å². The maximum absolute atomic E-state index is 5.34. The zero-order chi connectivity index (χ0) is 13.0. The van der Waals surface area contributed by atoms with Crippen LogP contribution in [0.3, 0.4) is 0 Å². The number of nitrogen functional groups attached to an aromatic ring is 1. The molecule has 96 valence electrons. The molecular weight excluding hydrogens is 246 g/mol. The minimum absolute atomic E-state index is 0.353. The molecule has 2 aromatic rings. The number of hydrazine groups is 1. The molecule has 6 heteroatoms. The van der Waals surface area contributed by atoms with E-state index in [9.17, 15) is 0 Å². The molecule has 0 amide bonds. The van der Waals surface area contributed by atoms with Gasteiger partial charge >= 0.3 is 0 Å². The van der Waals surface area contributed by atoms with Gasteiger partial charge in [0.2, 0.25) is 0 Å². The van der Waals surface area contributed by atoms with Gasteiger partial charge in [-0.2, -0.15) is 0 Å². The minimum Gasteiger partial charge on any atom is -0.355 e. The van der Waals surface area contributed by atoms with E-state index in [0.29, 0.717) is 11.9 Å². The number of aromatic nitrogens is 2. The van der Waals surface area contributed by atoms with Crippen LogP contribution in [0.5, 0.6) is 0 Å². The van der Waals surface area contributed by atoms with Gasteiger partial charge in [-0.3, -0.25) is 4.98 Å². The first kappa shape index (κ1) is 12.8. The second kappa shape index (κ2) is 5.79. The summed E-state index contributed by atoms with van der Waals surface area (Å²) in [6.45, 7) is 2.17. The lowest BCUT2D eigenvalue weighted by Gasteiger charge is -2.25. The van der Waals surface area contributed by atoms with Gasteiger partial charge in [-0.05, 0) is 18.4 Å². The fraction of sp³-hybridized carbons (Fsp3) is 0.333. The predicted octanol–water partition coefficient (Wildman–Crippen LogP) is 1.89. The van der Waals surface area contributed by atoms with Crippen LogP contribution in [0.4, 0.5) is 11.6 Å². The second-order valence-electron chi connectivity index (χ2n) is 4.15. The third-order valence-corrected chi connectivity index (χ3v) is 3.77. The van der Waals surface area contributed by atoms with Crippen LogP contribution >= 0.6 is 11.3 Å². The average Bonchev–Trinajstić information content (AvgIpc) is 2.90. The van der Waals surface area contributed by atoms with Gasteiger partial charge in [-0.15, -0.1) is 11.3 Å². The lowest BCUT2D eigenvalue weighted by atomic mass is 10.2. The summed E-state index contributed by atoms with van der Waals surface area (Å²) in [6.07, 6.45) is 4.34. The average molecular weight is 263 g/mol. The molecule has 0 aliphatic carbocycles. The van der Waals surface area contributed by atoms with Crippen molar-refractivity contribution in [2.75, 3.05) is 17.4 Å². The van der Waals surface area contributed by atoms with E-state index in [4.69, 9.17) is 5.84 Å². The topological polar surface area (TPSA) is 67.1 Å². The van der Waals surface area contributed by atoms with Crippen molar-refractivity contribution in [3.63, 3.8) is 0 Å². The van der Waals surface area contributed by atoms with E-state index >= 15 is 0 Å². The predicted molar refractivity (Wildman–Crippen MR) is 75.7 cm³/mol. The zero-order valence-electron chi connectivity index (χ0n) is 10.5. The monoisotopic (exact) mass is 263 g/mol. The Hall–Kier alpha value is -1.66. The van der Waals surface area contributed by atoms with Gasteiger partial charge in [-0.1, -0.05) is 6.07 Å². The first-order valence-corrected chi connectivity index (χ1v) is 6.62. The summed E-state index contributed by atoms with van der Waals surface area (Å²) in [7, 11) is 2.02. The Morgan fingerprint density at radius 2 is 2.33 bits per heavy atom. The Morgan fingerprint density at radius 1 is 1.50 bits per heavy atom. The fourth-order valence-electron chi connectivity index (χ4n) is 1.68. The SMILES string of the molecule is CC(Cc1cccs1)N(C)c1cncc(NN)n1. The van der Waals surface area contributed by atoms with Gasteiger partial charge in [-0.25, -0.2) is 10.8 Å². The van der Waals surface area contributed by atoms with Crippen LogP contribution in [0.15, 0.2) is 29.9 Å². The molecule has 2 heterocycles.